The zero-order chi connectivity index (χ0) is 18.8. The molecule has 1 saturated carbocycles. The summed E-state index contributed by atoms with van der Waals surface area (Å²) >= 11 is 0. The molecule has 0 radical (unpaired) electrons. The summed E-state index contributed by atoms with van der Waals surface area (Å²) in [5.41, 5.74) is 1.06. The Kier molecular flexibility index (Phi) is 4.80. The summed E-state index contributed by atoms with van der Waals surface area (Å²) in [6.45, 7) is 2.24. The lowest BCUT2D eigenvalue weighted by atomic mass is 9.87. The Bertz CT molecular complexity index is 1010. The smallest absolute Gasteiger partial charge is 0.344 e. The lowest BCUT2D eigenvalue weighted by Crippen LogP contribution is -2.37. The number of fused-ring (bicyclic) bond motifs is 1. The van der Waals surface area contributed by atoms with E-state index < -0.39 is 5.63 Å². The van der Waals surface area contributed by atoms with Crippen LogP contribution in [-0.2, 0) is 0 Å². The van der Waals surface area contributed by atoms with E-state index in [1.54, 1.807) is 12.1 Å². The highest BCUT2D eigenvalue weighted by Crippen LogP contribution is 2.31. The van der Waals surface area contributed by atoms with E-state index in [0.717, 1.165) is 36.6 Å². The fourth-order valence-corrected chi connectivity index (χ4v) is 3.91. The van der Waals surface area contributed by atoms with Crippen molar-refractivity contribution in [3.63, 3.8) is 0 Å². The van der Waals surface area contributed by atoms with Gasteiger partial charge >= 0.3 is 5.63 Å². The standard InChI is InChI=1S/C23H23NO3/c1-15-11-13-17(14-12-15)24-22(25)21-20(16-7-3-2-4-8-16)18-9-5-6-10-19(18)23(26)27-21/h2-10,15,17H,11-14H2,1H3,(H,24,25). The first-order valence-electron chi connectivity index (χ1n) is 9.55. The first kappa shape index (κ1) is 17.5. The van der Waals surface area contributed by atoms with Gasteiger partial charge in [-0.25, -0.2) is 4.79 Å². The lowest BCUT2D eigenvalue weighted by Gasteiger charge is -2.27. The number of benzene rings is 2. The van der Waals surface area contributed by atoms with Gasteiger partial charge in [-0.2, -0.15) is 0 Å². The van der Waals surface area contributed by atoms with Crippen LogP contribution >= 0.6 is 0 Å². The minimum absolute atomic E-state index is 0.100. The first-order valence-corrected chi connectivity index (χ1v) is 9.55. The van der Waals surface area contributed by atoms with E-state index in [-0.39, 0.29) is 17.7 Å². The maximum atomic E-state index is 13.0. The largest absolute Gasteiger partial charge is 0.416 e. The van der Waals surface area contributed by atoms with Gasteiger partial charge in [0.1, 0.15) is 0 Å². The molecule has 0 aliphatic heterocycles. The van der Waals surface area contributed by atoms with Gasteiger partial charge in [-0.3, -0.25) is 4.79 Å². The van der Waals surface area contributed by atoms with Crippen molar-refractivity contribution in [2.45, 2.75) is 38.6 Å². The predicted octanol–water partition coefficient (Wildman–Crippen LogP) is 4.77. The van der Waals surface area contributed by atoms with Crippen LogP contribution in [0.2, 0.25) is 0 Å². The highest BCUT2D eigenvalue weighted by atomic mass is 16.4. The van der Waals surface area contributed by atoms with E-state index in [0.29, 0.717) is 16.9 Å². The monoisotopic (exact) mass is 361 g/mol. The van der Waals surface area contributed by atoms with E-state index in [1.165, 1.54) is 0 Å². The van der Waals surface area contributed by atoms with Gasteiger partial charge < -0.3 is 9.73 Å². The van der Waals surface area contributed by atoms with Crippen molar-refractivity contribution >= 4 is 16.7 Å². The highest BCUT2D eigenvalue weighted by molar-refractivity contribution is 6.07. The molecule has 1 fully saturated rings. The van der Waals surface area contributed by atoms with Gasteiger partial charge in [-0.1, -0.05) is 55.5 Å². The van der Waals surface area contributed by atoms with Gasteiger partial charge in [0.2, 0.25) is 5.76 Å². The molecule has 1 amide bonds. The molecule has 0 atom stereocenters. The SMILES string of the molecule is CC1CCC(NC(=O)c2oc(=O)c3ccccc3c2-c2ccccc2)CC1. The molecule has 4 rings (SSSR count). The third kappa shape index (κ3) is 3.52. The molecular formula is C23H23NO3. The molecule has 138 valence electrons. The van der Waals surface area contributed by atoms with Crippen LogP contribution in [0.15, 0.2) is 63.8 Å². The summed E-state index contributed by atoms with van der Waals surface area (Å²) in [5, 5.41) is 4.31. The Morgan fingerprint density at radius 3 is 2.26 bits per heavy atom. The molecule has 2 aromatic carbocycles. The molecule has 0 saturated heterocycles. The number of carbonyl (C=O) groups excluding carboxylic acids is 1. The molecule has 27 heavy (non-hydrogen) atoms. The molecule has 4 heteroatoms. The van der Waals surface area contributed by atoms with Crippen molar-refractivity contribution in [2.24, 2.45) is 5.92 Å². The molecule has 0 unspecified atom stereocenters. The lowest BCUT2D eigenvalue weighted by molar-refractivity contribution is 0.0892. The minimum atomic E-state index is -0.479. The van der Waals surface area contributed by atoms with E-state index in [4.69, 9.17) is 4.42 Å². The molecule has 1 aliphatic rings. The van der Waals surface area contributed by atoms with Crippen LogP contribution in [0, 0.1) is 5.92 Å². The van der Waals surface area contributed by atoms with E-state index in [2.05, 4.69) is 12.2 Å². The fraction of sp³-hybridized carbons (Fsp3) is 0.304. The predicted molar refractivity (Wildman–Crippen MR) is 107 cm³/mol. The zero-order valence-electron chi connectivity index (χ0n) is 15.4. The minimum Gasteiger partial charge on any atom is -0.416 e. The van der Waals surface area contributed by atoms with Gasteiger partial charge in [0.15, 0.2) is 0 Å². The number of nitrogens with one attached hydrogen (secondary N) is 1. The van der Waals surface area contributed by atoms with E-state index >= 15 is 0 Å². The van der Waals surface area contributed by atoms with Crippen molar-refractivity contribution in [1.29, 1.82) is 0 Å². The van der Waals surface area contributed by atoms with E-state index in [1.807, 2.05) is 42.5 Å². The summed E-state index contributed by atoms with van der Waals surface area (Å²) in [6, 6.07) is 17.0. The Labute approximate surface area is 158 Å². The number of amides is 1. The van der Waals surface area contributed by atoms with Crippen molar-refractivity contribution < 1.29 is 9.21 Å². The third-order valence-corrected chi connectivity index (χ3v) is 5.46. The molecule has 4 nitrogen and oxygen atoms in total. The number of carbonyl (C=O) groups is 1. The average Bonchev–Trinajstić information content (AvgIpc) is 2.70. The van der Waals surface area contributed by atoms with Gasteiger partial charge in [0.05, 0.1) is 5.39 Å². The van der Waals surface area contributed by atoms with Crippen LogP contribution in [-0.4, -0.2) is 11.9 Å². The maximum absolute atomic E-state index is 13.0. The van der Waals surface area contributed by atoms with Gasteiger partial charge in [-0.15, -0.1) is 0 Å². The second-order valence-electron chi connectivity index (χ2n) is 7.44. The molecule has 1 heterocycles. The highest BCUT2D eigenvalue weighted by Gasteiger charge is 2.25. The number of rotatable bonds is 3. The number of hydrogen-bond acceptors (Lipinski definition) is 3. The van der Waals surface area contributed by atoms with Gasteiger partial charge in [-0.05, 0) is 43.2 Å². The van der Waals surface area contributed by atoms with Crippen molar-refractivity contribution in [1.82, 2.24) is 5.32 Å². The Hall–Kier alpha value is -2.88. The Balaban J connectivity index is 1.80. The maximum Gasteiger partial charge on any atom is 0.344 e. The topological polar surface area (TPSA) is 59.3 Å². The van der Waals surface area contributed by atoms with E-state index in [9.17, 15) is 9.59 Å². The molecular weight excluding hydrogens is 338 g/mol. The van der Waals surface area contributed by atoms with Crippen LogP contribution < -0.4 is 10.9 Å². The molecule has 1 aromatic heterocycles. The summed E-state index contributed by atoms with van der Waals surface area (Å²) in [4.78, 5) is 25.5. The molecule has 1 N–H and O–H groups in total. The van der Waals surface area contributed by atoms with Crippen molar-refractivity contribution in [3.8, 4) is 11.1 Å². The molecule has 0 bridgehead atoms. The van der Waals surface area contributed by atoms with Crippen molar-refractivity contribution in [3.05, 3.63) is 70.8 Å². The van der Waals surface area contributed by atoms with Crippen LogP contribution in [0.1, 0.15) is 43.2 Å². The normalized spacial score (nSPS) is 19.7. The zero-order valence-corrected chi connectivity index (χ0v) is 15.4. The molecule has 0 spiro atoms. The fourth-order valence-electron chi connectivity index (χ4n) is 3.91. The summed E-state index contributed by atoms with van der Waals surface area (Å²) in [5.74, 6) is 0.497. The molecule has 3 aromatic rings. The summed E-state index contributed by atoms with van der Waals surface area (Å²) in [6.07, 6.45) is 4.15. The Morgan fingerprint density at radius 2 is 1.56 bits per heavy atom. The molecule has 1 aliphatic carbocycles. The Morgan fingerprint density at radius 1 is 0.926 bits per heavy atom. The van der Waals surface area contributed by atoms with Crippen LogP contribution in [0.3, 0.4) is 0 Å². The third-order valence-electron chi connectivity index (χ3n) is 5.46. The first-order chi connectivity index (χ1) is 13.1. The second kappa shape index (κ2) is 7.39. The summed E-state index contributed by atoms with van der Waals surface area (Å²) < 4.78 is 5.53. The van der Waals surface area contributed by atoms with Crippen LogP contribution in [0.25, 0.3) is 21.9 Å². The summed E-state index contributed by atoms with van der Waals surface area (Å²) in [7, 11) is 0. The van der Waals surface area contributed by atoms with Crippen LogP contribution in [0.5, 0.6) is 0 Å². The number of hydrogen-bond donors (Lipinski definition) is 1. The van der Waals surface area contributed by atoms with Gasteiger partial charge in [0.25, 0.3) is 5.91 Å². The average molecular weight is 361 g/mol. The quantitative estimate of drug-likeness (QED) is 0.731. The van der Waals surface area contributed by atoms with Crippen molar-refractivity contribution in [2.75, 3.05) is 0 Å². The van der Waals surface area contributed by atoms with Gasteiger partial charge in [0, 0.05) is 17.0 Å². The van der Waals surface area contributed by atoms with Crippen LogP contribution in [0.4, 0.5) is 0 Å². The second-order valence-corrected chi connectivity index (χ2v) is 7.44.